The van der Waals surface area contributed by atoms with E-state index in [4.69, 9.17) is 5.73 Å². The number of alkyl halides is 3. The first-order chi connectivity index (χ1) is 16.7. The molecule has 0 aliphatic carbocycles. The maximum absolute atomic E-state index is 14.3. The molecule has 1 saturated heterocycles. The van der Waals surface area contributed by atoms with Gasteiger partial charge in [-0.2, -0.15) is 18.4 Å². The molecule has 0 saturated carbocycles. The van der Waals surface area contributed by atoms with Crippen LogP contribution in [0.1, 0.15) is 17.5 Å². The smallest absolute Gasteiger partial charge is 0.369 e. The monoisotopic (exact) mass is 484 g/mol. The minimum atomic E-state index is -4.68. The fourth-order valence-electron chi connectivity index (χ4n) is 4.38. The van der Waals surface area contributed by atoms with Crippen LogP contribution in [0, 0.1) is 23.0 Å². The van der Waals surface area contributed by atoms with Gasteiger partial charge in [0.1, 0.15) is 22.7 Å². The Hall–Kier alpha value is -4.04. The second-order valence-corrected chi connectivity index (χ2v) is 8.29. The number of aromatic amines is 1. The molecule has 5 rings (SSSR count). The van der Waals surface area contributed by atoms with E-state index >= 15 is 0 Å². The van der Waals surface area contributed by atoms with Gasteiger partial charge in [0, 0.05) is 37.1 Å². The molecule has 0 unspecified atom stereocenters. The zero-order chi connectivity index (χ0) is 24.9. The second kappa shape index (κ2) is 8.32. The molecule has 178 valence electrons. The fourth-order valence-corrected chi connectivity index (χ4v) is 4.38. The maximum Gasteiger partial charge on any atom is 0.417 e. The van der Waals surface area contributed by atoms with E-state index in [0.717, 1.165) is 24.3 Å². The van der Waals surface area contributed by atoms with Gasteiger partial charge in [0.25, 0.3) is 0 Å². The molecular formula is C24H17F5N6. The maximum atomic E-state index is 14.3. The Labute approximate surface area is 195 Å². The number of hydrogen-bond donors (Lipinski definition) is 2. The number of benzene rings is 2. The van der Waals surface area contributed by atoms with Gasteiger partial charge in [0.2, 0.25) is 0 Å². The van der Waals surface area contributed by atoms with Crippen molar-refractivity contribution in [3.05, 3.63) is 65.5 Å². The summed E-state index contributed by atoms with van der Waals surface area (Å²) in [5.41, 5.74) is 5.93. The molecule has 6 nitrogen and oxygen atoms in total. The number of aromatic nitrogens is 3. The molecule has 0 radical (unpaired) electrons. The predicted molar refractivity (Wildman–Crippen MR) is 119 cm³/mol. The third-order valence-corrected chi connectivity index (χ3v) is 6.01. The number of nitrogens with one attached hydrogen (secondary N) is 1. The molecule has 35 heavy (non-hydrogen) atoms. The molecule has 0 bridgehead atoms. The van der Waals surface area contributed by atoms with Gasteiger partial charge < -0.3 is 15.6 Å². The van der Waals surface area contributed by atoms with Crippen molar-refractivity contribution in [2.24, 2.45) is 5.73 Å². The van der Waals surface area contributed by atoms with Crippen molar-refractivity contribution in [2.75, 3.05) is 18.0 Å². The van der Waals surface area contributed by atoms with Gasteiger partial charge in [-0.3, -0.25) is 4.98 Å². The number of fused-ring (bicyclic) bond motifs is 1. The van der Waals surface area contributed by atoms with Crippen LogP contribution in [0.25, 0.3) is 33.5 Å². The largest absolute Gasteiger partial charge is 0.417 e. The molecule has 1 aliphatic heterocycles. The van der Waals surface area contributed by atoms with Crippen LogP contribution in [0.3, 0.4) is 0 Å². The van der Waals surface area contributed by atoms with E-state index in [1.807, 2.05) is 4.90 Å². The number of anilines is 1. The number of nitriles is 1. The van der Waals surface area contributed by atoms with Crippen molar-refractivity contribution in [2.45, 2.75) is 18.6 Å². The summed E-state index contributed by atoms with van der Waals surface area (Å²) in [6.45, 7) is 0.985. The zero-order valence-corrected chi connectivity index (χ0v) is 18.0. The van der Waals surface area contributed by atoms with Crippen molar-refractivity contribution in [3.63, 3.8) is 0 Å². The van der Waals surface area contributed by atoms with Crippen molar-refractivity contribution in [3.8, 4) is 28.6 Å². The minimum Gasteiger partial charge on any atom is -0.369 e. The summed E-state index contributed by atoms with van der Waals surface area (Å²) in [6.07, 6.45) is -1.08. The van der Waals surface area contributed by atoms with Gasteiger partial charge in [0.05, 0.1) is 28.4 Å². The SMILES string of the molecule is N#Cc1cc(-c2cncc(-c3nc4c(F)ccc(F)c4[nH]3)c2N2CC[C@H](N)C2)ccc1C(F)(F)F. The average Bonchev–Trinajstić information content (AvgIpc) is 3.47. The highest BCUT2D eigenvalue weighted by Gasteiger charge is 2.34. The van der Waals surface area contributed by atoms with E-state index < -0.39 is 28.9 Å². The molecule has 2 aromatic heterocycles. The van der Waals surface area contributed by atoms with Crippen molar-refractivity contribution in [1.82, 2.24) is 15.0 Å². The third kappa shape index (κ3) is 3.95. The standard InChI is InChI=1S/C24H17F5N6/c25-18-3-4-19(26)21-20(18)33-23(34-21)16-10-32-9-15(22(16)35-6-5-14(31)11-35)12-1-2-17(24(27,28)29)13(7-12)8-30/h1-4,7,9-10,14H,5-6,11,31H2,(H,33,34)/t14-/m0/s1. The molecule has 1 atom stereocenters. The number of hydrogen-bond acceptors (Lipinski definition) is 5. The highest BCUT2D eigenvalue weighted by Crippen LogP contribution is 2.41. The summed E-state index contributed by atoms with van der Waals surface area (Å²) < 4.78 is 68.6. The molecular weight excluding hydrogens is 467 g/mol. The summed E-state index contributed by atoms with van der Waals surface area (Å²) in [7, 11) is 0. The van der Waals surface area contributed by atoms with Crippen LogP contribution in [-0.2, 0) is 6.18 Å². The predicted octanol–water partition coefficient (Wildman–Crippen LogP) is 5.00. The Morgan fingerprint density at radius 1 is 1.09 bits per heavy atom. The zero-order valence-electron chi connectivity index (χ0n) is 18.0. The van der Waals surface area contributed by atoms with Crippen LogP contribution in [-0.4, -0.2) is 34.1 Å². The first kappa shape index (κ1) is 22.7. The molecule has 1 aliphatic rings. The van der Waals surface area contributed by atoms with Gasteiger partial charge >= 0.3 is 6.18 Å². The second-order valence-electron chi connectivity index (χ2n) is 8.29. The Morgan fingerprint density at radius 3 is 2.49 bits per heavy atom. The minimum absolute atomic E-state index is 0.115. The lowest BCUT2D eigenvalue weighted by molar-refractivity contribution is -0.137. The normalized spacial score (nSPS) is 16.1. The summed E-state index contributed by atoms with van der Waals surface area (Å²) in [4.78, 5) is 13.2. The van der Waals surface area contributed by atoms with Crippen LogP contribution in [0.15, 0.2) is 42.7 Å². The Kier molecular flexibility index (Phi) is 5.40. The molecule has 1 fully saturated rings. The molecule has 2 aromatic carbocycles. The number of rotatable bonds is 3. The van der Waals surface area contributed by atoms with E-state index in [-0.39, 0.29) is 22.9 Å². The molecule has 4 aromatic rings. The van der Waals surface area contributed by atoms with E-state index in [1.165, 1.54) is 18.5 Å². The van der Waals surface area contributed by atoms with E-state index in [0.29, 0.717) is 41.9 Å². The van der Waals surface area contributed by atoms with Gasteiger partial charge in [-0.15, -0.1) is 0 Å². The number of imidazole rings is 1. The van der Waals surface area contributed by atoms with Crippen LogP contribution >= 0.6 is 0 Å². The molecule has 3 N–H and O–H groups in total. The number of pyridine rings is 1. The number of nitrogens with two attached hydrogens (primary N) is 1. The average molecular weight is 484 g/mol. The highest BCUT2D eigenvalue weighted by atomic mass is 19.4. The topological polar surface area (TPSA) is 94.6 Å². The fraction of sp³-hybridized carbons (Fsp3) is 0.208. The number of halogens is 5. The van der Waals surface area contributed by atoms with Crippen molar-refractivity contribution < 1.29 is 22.0 Å². The molecule has 0 spiro atoms. The van der Waals surface area contributed by atoms with Gasteiger partial charge in [-0.1, -0.05) is 6.07 Å². The lowest BCUT2D eigenvalue weighted by Gasteiger charge is -2.24. The molecule has 0 amide bonds. The lowest BCUT2D eigenvalue weighted by atomic mass is 9.97. The summed E-state index contributed by atoms with van der Waals surface area (Å²) in [5.74, 6) is -1.25. The summed E-state index contributed by atoms with van der Waals surface area (Å²) >= 11 is 0. The highest BCUT2D eigenvalue weighted by molar-refractivity contribution is 5.91. The molecule has 11 heteroatoms. The first-order valence-electron chi connectivity index (χ1n) is 10.6. The van der Waals surface area contributed by atoms with Gasteiger partial charge in [-0.25, -0.2) is 13.8 Å². The van der Waals surface area contributed by atoms with Crippen LogP contribution in [0.4, 0.5) is 27.6 Å². The van der Waals surface area contributed by atoms with E-state index in [2.05, 4.69) is 15.0 Å². The van der Waals surface area contributed by atoms with Crippen LogP contribution in [0.2, 0.25) is 0 Å². The molecule has 3 heterocycles. The Morgan fingerprint density at radius 2 is 1.83 bits per heavy atom. The Bertz CT molecular complexity index is 1450. The summed E-state index contributed by atoms with van der Waals surface area (Å²) in [5, 5.41) is 9.36. The number of H-pyrrole nitrogens is 1. The van der Waals surface area contributed by atoms with Gasteiger partial charge in [0.15, 0.2) is 5.82 Å². The van der Waals surface area contributed by atoms with E-state index in [9.17, 15) is 27.2 Å². The van der Waals surface area contributed by atoms with Crippen molar-refractivity contribution >= 4 is 16.7 Å². The lowest BCUT2D eigenvalue weighted by Crippen LogP contribution is -2.27. The van der Waals surface area contributed by atoms with Gasteiger partial charge in [-0.05, 0) is 36.2 Å². The number of nitrogens with zero attached hydrogens (tertiary/aromatic N) is 4. The van der Waals surface area contributed by atoms with Crippen molar-refractivity contribution in [1.29, 1.82) is 5.26 Å². The first-order valence-corrected chi connectivity index (χ1v) is 10.6. The Balaban J connectivity index is 1.74. The van der Waals surface area contributed by atoms with Crippen LogP contribution in [0.5, 0.6) is 0 Å². The quantitative estimate of drug-likeness (QED) is 0.399. The van der Waals surface area contributed by atoms with E-state index in [1.54, 1.807) is 6.07 Å². The third-order valence-electron chi connectivity index (χ3n) is 6.01. The summed E-state index contributed by atoms with van der Waals surface area (Å²) in [6, 6.07) is 6.70. The van der Waals surface area contributed by atoms with Crippen LogP contribution < -0.4 is 10.6 Å².